The molecule has 1 saturated heterocycles. The van der Waals surface area contributed by atoms with Crippen molar-refractivity contribution in [2.75, 3.05) is 23.3 Å². The number of fused-ring (bicyclic) bond motifs is 1. The van der Waals surface area contributed by atoms with Gasteiger partial charge in [0.1, 0.15) is 5.75 Å². The van der Waals surface area contributed by atoms with Crippen molar-refractivity contribution in [2.45, 2.75) is 19.5 Å². The van der Waals surface area contributed by atoms with Gasteiger partial charge in [0.25, 0.3) is 0 Å². The fourth-order valence-electron chi connectivity index (χ4n) is 3.32. The largest absolute Gasteiger partial charge is 0.435 e. The lowest BCUT2D eigenvalue weighted by Crippen LogP contribution is -2.38. The molecule has 2 heterocycles. The lowest BCUT2D eigenvalue weighted by Gasteiger charge is -2.31. The van der Waals surface area contributed by atoms with Crippen molar-refractivity contribution in [3.05, 3.63) is 48.5 Å². The van der Waals surface area contributed by atoms with Crippen LogP contribution < -0.4 is 15.0 Å². The highest BCUT2D eigenvalue weighted by Crippen LogP contribution is 2.31. The summed E-state index contributed by atoms with van der Waals surface area (Å²) < 4.78 is 30.2. The number of aromatic nitrogens is 1. The number of para-hydroxylation sites is 1. The third-order valence-corrected chi connectivity index (χ3v) is 5.84. The topological polar surface area (TPSA) is 54.5 Å². The Labute approximate surface area is 164 Å². The van der Waals surface area contributed by atoms with Crippen LogP contribution in [0.4, 0.5) is 19.6 Å². The van der Waals surface area contributed by atoms with E-state index in [0.717, 1.165) is 41.3 Å². The molecule has 0 unspecified atom stereocenters. The van der Waals surface area contributed by atoms with Crippen molar-refractivity contribution in [3.63, 3.8) is 0 Å². The van der Waals surface area contributed by atoms with Gasteiger partial charge in [-0.2, -0.15) is 8.78 Å². The molecule has 1 amide bonds. The van der Waals surface area contributed by atoms with Gasteiger partial charge in [-0.1, -0.05) is 29.5 Å². The first kappa shape index (κ1) is 18.6. The van der Waals surface area contributed by atoms with Crippen LogP contribution >= 0.6 is 11.3 Å². The Balaban J connectivity index is 1.35. The summed E-state index contributed by atoms with van der Waals surface area (Å²) >= 11 is 1.66. The molecule has 8 heteroatoms. The molecule has 1 fully saturated rings. The first-order chi connectivity index (χ1) is 13.6. The number of ether oxygens (including phenoxy) is 1. The first-order valence-electron chi connectivity index (χ1n) is 9.05. The van der Waals surface area contributed by atoms with E-state index in [9.17, 15) is 13.6 Å². The number of alkyl halides is 2. The number of benzene rings is 2. The quantitative estimate of drug-likeness (QED) is 0.668. The fraction of sp³-hybridized carbons (Fsp3) is 0.300. The van der Waals surface area contributed by atoms with Gasteiger partial charge in [0, 0.05) is 30.8 Å². The highest BCUT2D eigenvalue weighted by Gasteiger charge is 2.26. The van der Waals surface area contributed by atoms with Crippen LogP contribution in [0.15, 0.2) is 48.5 Å². The Morgan fingerprint density at radius 2 is 1.96 bits per heavy atom. The molecule has 0 saturated carbocycles. The third kappa shape index (κ3) is 4.22. The predicted molar refractivity (Wildman–Crippen MR) is 106 cm³/mol. The van der Waals surface area contributed by atoms with Crippen LogP contribution in [0, 0.1) is 5.92 Å². The highest BCUT2D eigenvalue weighted by molar-refractivity contribution is 7.22. The molecular formula is C20H19F2N3O2S. The minimum Gasteiger partial charge on any atom is -0.435 e. The van der Waals surface area contributed by atoms with E-state index >= 15 is 0 Å². The van der Waals surface area contributed by atoms with Crippen LogP contribution in [0.2, 0.25) is 0 Å². The number of nitrogens with zero attached hydrogens (tertiary/aromatic N) is 2. The summed E-state index contributed by atoms with van der Waals surface area (Å²) in [5.41, 5.74) is 1.45. The van der Waals surface area contributed by atoms with Crippen molar-refractivity contribution < 1.29 is 18.3 Å². The van der Waals surface area contributed by atoms with Gasteiger partial charge in [0.15, 0.2) is 5.13 Å². The molecule has 3 aromatic rings. The molecule has 0 atom stereocenters. The van der Waals surface area contributed by atoms with E-state index in [4.69, 9.17) is 0 Å². The van der Waals surface area contributed by atoms with Gasteiger partial charge in [0.2, 0.25) is 5.91 Å². The third-order valence-electron chi connectivity index (χ3n) is 4.75. The van der Waals surface area contributed by atoms with Gasteiger partial charge >= 0.3 is 6.61 Å². The monoisotopic (exact) mass is 403 g/mol. The summed E-state index contributed by atoms with van der Waals surface area (Å²) in [5.74, 6) is -0.193. The van der Waals surface area contributed by atoms with E-state index in [-0.39, 0.29) is 17.6 Å². The fourth-order valence-corrected chi connectivity index (χ4v) is 4.34. The van der Waals surface area contributed by atoms with Gasteiger partial charge in [-0.25, -0.2) is 4.98 Å². The predicted octanol–water partition coefficient (Wildman–Crippen LogP) is 4.75. The number of thiazole rings is 1. The smallest absolute Gasteiger partial charge is 0.387 e. The number of anilines is 2. The molecule has 1 aliphatic rings. The van der Waals surface area contributed by atoms with Gasteiger partial charge < -0.3 is 15.0 Å². The summed E-state index contributed by atoms with van der Waals surface area (Å²) in [7, 11) is 0. The van der Waals surface area contributed by atoms with Gasteiger partial charge in [-0.15, -0.1) is 0 Å². The molecule has 1 aromatic heterocycles. The number of nitrogens with one attached hydrogen (secondary N) is 1. The van der Waals surface area contributed by atoms with E-state index in [1.807, 2.05) is 18.2 Å². The first-order valence-corrected chi connectivity index (χ1v) is 9.86. The highest BCUT2D eigenvalue weighted by atomic mass is 32.1. The molecule has 0 spiro atoms. The number of rotatable bonds is 5. The zero-order valence-electron chi connectivity index (χ0n) is 15.0. The minimum absolute atomic E-state index is 0.0263. The van der Waals surface area contributed by atoms with Gasteiger partial charge in [-0.3, -0.25) is 4.79 Å². The number of amides is 1. The average Bonchev–Trinajstić information content (AvgIpc) is 3.12. The molecule has 5 nitrogen and oxygen atoms in total. The number of hydrogen-bond acceptors (Lipinski definition) is 5. The summed E-state index contributed by atoms with van der Waals surface area (Å²) in [5, 5.41) is 3.79. The molecule has 0 aliphatic carbocycles. The van der Waals surface area contributed by atoms with Crippen LogP contribution in [-0.4, -0.2) is 30.6 Å². The second kappa shape index (κ2) is 8.10. The standard InChI is InChI=1S/C20H19F2N3O2S/c21-19(22)27-15-5-3-4-14(12-15)23-18(26)13-8-10-25(11-9-13)20-24-16-6-1-2-7-17(16)28-20/h1-7,12-13,19H,8-11H2,(H,23,26). The van der Waals surface area contributed by atoms with E-state index in [1.54, 1.807) is 23.5 Å². The Morgan fingerprint density at radius 1 is 1.18 bits per heavy atom. The second-order valence-corrected chi connectivity index (χ2v) is 7.63. The van der Waals surface area contributed by atoms with Gasteiger partial charge in [0.05, 0.1) is 10.2 Å². The van der Waals surface area contributed by atoms with E-state index < -0.39 is 6.61 Å². The Kier molecular flexibility index (Phi) is 5.38. The zero-order chi connectivity index (χ0) is 19.5. The van der Waals surface area contributed by atoms with Crippen molar-refractivity contribution in [3.8, 4) is 5.75 Å². The van der Waals surface area contributed by atoms with Crippen LogP contribution in [0.1, 0.15) is 12.8 Å². The van der Waals surface area contributed by atoms with Crippen molar-refractivity contribution in [2.24, 2.45) is 5.92 Å². The number of halogens is 2. The average molecular weight is 403 g/mol. The normalized spacial score (nSPS) is 15.2. The molecule has 0 bridgehead atoms. The second-order valence-electron chi connectivity index (χ2n) is 6.62. The lowest BCUT2D eigenvalue weighted by atomic mass is 9.96. The molecule has 4 rings (SSSR count). The Hall–Kier alpha value is -2.74. The summed E-state index contributed by atoms with van der Waals surface area (Å²) in [6, 6.07) is 14.1. The van der Waals surface area contributed by atoms with Gasteiger partial charge in [-0.05, 0) is 37.1 Å². The van der Waals surface area contributed by atoms with E-state index in [1.165, 1.54) is 12.1 Å². The van der Waals surface area contributed by atoms with Crippen molar-refractivity contribution in [1.29, 1.82) is 0 Å². The molecule has 146 valence electrons. The van der Waals surface area contributed by atoms with Crippen LogP contribution in [0.25, 0.3) is 10.2 Å². The number of piperidine rings is 1. The van der Waals surface area contributed by atoms with E-state index in [0.29, 0.717) is 5.69 Å². The summed E-state index contributed by atoms with van der Waals surface area (Å²) in [4.78, 5) is 19.4. The minimum atomic E-state index is -2.89. The van der Waals surface area contributed by atoms with Crippen molar-refractivity contribution in [1.82, 2.24) is 4.98 Å². The van der Waals surface area contributed by atoms with Crippen molar-refractivity contribution >= 4 is 38.3 Å². The maximum Gasteiger partial charge on any atom is 0.387 e. The zero-order valence-corrected chi connectivity index (χ0v) is 15.8. The maximum atomic E-state index is 12.6. The molecule has 1 N–H and O–H groups in total. The van der Waals surface area contributed by atoms with E-state index in [2.05, 4.69) is 26.0 Å². The number of carbonyl (C=O) groups is 1. The molecule has 1 aliphatic heterocycles. The molecule has 0 radical (unpaired) electrons. The van der Waals surface area contributed by atoms with Crippen LogP contribution in [0.5, 0.6) is 5.75 Å². The maximum absolute atomic E-state index is 12.6. The Morgan fingerprint density at radius 3 is 2.71 bits per heavy atom. The summed E-state index contributed by atoms with van der Waals surface area (Å²) in [6.07, 6.45) is 1.43. The molecule has 2 aromatic carbocycles. The Bertz CT molecular complexity index is 938. The number of carbonyl (C=O) groups excluding carboxylic acids is 1. The number of hydrogen-bond donors (Lipinski definition) is 1. The summed E-state index contributed by atoms with van der Waals surface area (Å²) in [6.45, 7) is -1.38. The molecular weight excluding hydrogens is 384 g/mol. The lowest BCUT2D eigenvalue weighted by molar-refractivity contribution is -0.120. The van der Waals surface area contributed by atoms with Crippen LogP contribution in [0.3, 0.4) is 0 Å². The van der Waals surface area contributed by atoms with Crippen LogP contribution in [-0.2, 0) is 4.79 Å². The molecule has 28 heavy (non-hydrogen) atoms. The SMILES string of the molecule is O=C(Nc1cccc(OC(F)F)c1)C1CCN(c2nc3ccccc3s2)CC1.